The van der Waals surface area contributed by atoms with Crippen LogP contribution >= 0.6 is 0 Å². The normalized spacial score (nSPS) is 10.5. The van der Waals surface area contributed by atoms with Crippen molar-refractivity contribution in [2.75, 3.05) is 17.2 Å². The van der Waals surface area contributed by atoms with Crippen LogP contribution in [0.25, 0.3) is 0 Å². The Kier molecular flexibility index (Phi) is 5.62. The van der Waals surface area contributed by atoms with E-state index in [4.69, 9.17) is 0 Å². The van der Waals surface area contributed by atoms with Crippen molar-refractivity contribution >= 4 is 17.5 Å². The quantitative estimate of drug-likeness (QED) is 0.605. The first-order chi connectivity index (χ1) is 12.2. The van der Waals surface area contributed by atoms with E-state index in [0.717, 1.165) is 30.9 Å². The Bertz CT molecular complexity index is 795. The van der Waals surface area contributed by atoms with Crippen molar-refractivity contribution in [1.29, 1.82) is 0 Å². The smallest absolute Gasteiger partial charge is 0.229 e. The summed E-state index contributed by atoms with van der Waals surface area (Å²) in [6.07, 6.45) is 3.90. The number of hydrogen-bond acceptors (Lipinski definition) is 4. The summed E-state index contributed by atoms with van der Waals surface area (Å²) < 4.78 is 0. The van der Waals surface area contributed by atoms with Gasteiger partial charge < -0.3 is 10.6 Å². The molecular weight excluding hydrogens is 308 g/mol. The van der Waals surface area contributed by atoms with Gasteiger partial charge in [0.05, 0.1) is 0 Å². The first-order valence-corrected chi connectivity index (χ1v) is 8.65. The average Bonchev–Trinajstić information content (AvgIpc) is 2.59. The number of nitrogens with zero attached hydrogens (tertiary/aromatic N) is 2. The zero-order valence-corrected chi connectivity index (χ0v) is 14.8. The van der Waals surface area contributed by atoms with Crippen LogP contribution in [0.15, 0.2) is 60.8 Å². The standard InChI is InChI=1S/C21H24N4/c1-16-13-17(2)15-19(14-16)24-21-23-12-10-20(25-21)22-11-6-9-18-7-4-3-5-8-18/h3-5,7-8,10,12-15H,6,9,11H2,1-2H3,(H2,22,23,24,25). The van der Waals surface area contributed by atoms with Crippen LogP contribution in [0.2, 0.25) is 0 Å². The molecule has 25 heavy (non-hydrogen) atoms. The van der Waals surface area contributed by atoms with Gasteiger partial charge in [-0.3, -0.25) is 0 Å². The predicted molar refractivity (Wildman–Crippen MR) is 104 cm³/mol. The maximum absolute atomic E-state index is 4.54. The molecule has 128 valence electrons. The molecular formula is C21H24N4. The number of aryl methyl sites for hydroxylation is 3. The van der Waals surface area contributed by atoms with E-state index in [0.29, 0.717) is 5.95 Å². The molecule has 0 aliphatic rings. The second-order valence-corrected chi connectivity index (χ2v) is 6.28. The highest BCUT2D eigenvalue weighted by atomic mass is 15.1. The van der Waals surface area contributed by atoms with E-state index in [2.05, 4.69) is 76.9 Å². The van der Waals surface area contributed by atoms with Crippen molar-refractivity contribution in [3.05, 3.63) is 77.5 Å². The molecule has 0 saturated carbocycles. The Morgan fingerprint density at radius 3 is 2.44 bits per heavy atom. The predicted octanol–water partition coefficient (Wildman–Crippen LogP) is 4.88. The average molecular weight is 332 g/mol. The van der Waals surface area contributed by atoms with Crippen LogP contribution in [-0.2, 0) is 6.42 Å². The number of benzene rings is 2. The first-order valence-electron chi connectivity index (χ1n) is 8.65. The third-order valence-corrected chi connectivity index (χ3v) is 3.92. The van der Waals surface area contributed by atoms with Crippen LogP contribution in [0.1, 0.15) is 23.1 Å². The summed E-state index contributed by atoms with van der Waals surface area (Å²) in [6, 6.07) is 18.8. The van der Waals surface area contributed by atoms with Crippen molar-refractivity contribution in [1.82, 2.24) is 9.97 Å². The van der Waals surface area contributed by atoms with Gasteiger partial charge in [-0.2, -0.15) is 4.98 Å². The maximum Gasteiger partial charge on any atom is 0.229 e. The third kappa shape index (κ3) is 5.31. The molecule has 3 aromatic rings. The van der Waals surface area contributed by atoms with Crippen LogP contribution in [0.3, 0.4) is 0 Å². The number of rotatable bonds is 7. The second-order valence-electron chi connectivity index (χ2n) is 6.28. The monoisotopic (exact) mass is 332 g/mol. The lowest BCUT2D eigenvalue weighted by atomic mass is 10.1. The van der Waals surface area contributed by atoms with Gasteiger partial charge in [-0.15, -0.1) is 0 Å². The van der Waals surface area contributed by atoms with Crippen LogP contribution in [0, 0.1) is 13.8 Å². The highest BCUT2D eigenvalue weighted by molar-refractivity contribution is 5.57. The highest BCUT2D eigenvalue weighted by Gasteiger charge is 2.02. The minimum Gasteiger partial charge on any atom is -0.370 e. The zero-order valence-electron chi connectivity index (χ0n) is 14.8. The summed E-state index contributed by atoms with van der Waals surface area (Å²) in [6.45, 7) is 5.06. The molecule has 0 aliphatic carbocycles. The fraction of sp³-hybridized carbons (Fsp3) is 0.238. The molecule has 4 heteroatoms. The van der Waals surface area contributed by atoms with Gasteiger partial charge in [0.1, 0.15) is 5.82 Å². The molecule has 1 aromatic heterocycles. The number of aromatic nitrogens is 2. The summed E-state index contributed by atoms with van der Waals surface area (Å²) in [4.78, 5) is 8.85. The number of nitrogens with one attached hydrogen (secondary N) is 2. The van der Waals surface area contributed by atoms with Gasteiger partial charge in [0, 0.05) is 18.4 Å². The van der Waals surface area contributed by atoms with E-state index >= 15 is 0 Å². The molecule has 0 bridgehead atoms. The highest BCUT2D eigenvalue weighted by Crippen LogP contribution is 2.18. The molecule has 1 heterocycles. The molecule has 3 rings (SSSR count). The minimum atomic E-state index is 0.609. The molecule has 0 amide bonds. The summed E-state index contributed by atoms with van der Waals surface area (Å²) in [7, 11) is 0. The molecule has 2 aromatic carbocycles. The van der Waals surface area contributed by atoms with E-state index in [1.54, 1.807) is 6.20 Å². The summed E-state index contributed by atoms with van der Waals surface area (Å²) in [5.41, 5.74) is 4.82. The van der Waals surface area contributed by atoms with Crippen LogP contribution < -0.4 is 10.6 Å². The Morgan fingerprint density at radius 1 is 0.920 bits per heavy atom. The van der Waals surface area contributed by atoms with Crippen LogP contribution in [0.4, 0.5) is 17.5 Å². The van der Waals surface area contributed by atoms with Gasteiger partial charge in [-0.25, -0.2) is 4.98 Å². The molecule has 4 nitrogen and oxygen atoms in total. The first kappa shape index (κ1) is 17.0. The van der Waals surface area contributed by atoms with Crippen molar-refractivity contribution in [2.24, 2.45) is 0 Å². The molecule has 2 N–H and O–H groups in total. The van der Waals surface area contributed by atoms with E-state index in [1.807, 2.05) is 12.1 Å². The molecule has 0 radical (unpaired) electrons. The van der Waals surface area contributed by atoms with Gasteiger partial charge in [0.15, 0.2) is 0 Å². The van der Waals surface area contributed by atoms with Crippen molar-refractivity contribution in [3.63, 3.8) is 0 Å². The molecule has 0 unspecified atom stereocenters. The fourth-order valence-electron chi connectivity index (χ4n) is 2.85. The van der Waals surface area contributed by atoms with Crippen LogP contribution in [0.5, 0.6) is 0 Å². The lowest BCUT2D eigenvalue weighted by Gasteiger charge is -2.09. The second kappa shape index (κ2) is 8.29. The molecule has 0 aliphatic heterocycles. The van der Waals surface area contributed by atoms with Gasteiger partial charge in [-0.1, -0.05) is 36.4 Å². The minimum absolute atomic E-state index is 0.609. The van der Waals surface area contributed by atoms with E-state index in [-0.39, 0.29) is 0 Å². The van der Waals surface area contributed by atoms with E-state index in [9.17, 15) is 0 Å². The zero-order chi connectivity index (χ0) is 17.5. The Morgan fingerprint density at radius 2 is 1.68 bits per heavy atom. The lowest BCUT2D eigenvalue weighted by Crippen LogP contribution is -2.06. The van der Waals surface area contributed by atoms with Gasteiger partial charge in [0.25, 0.3) is 0 Å². The van der Waals surface area contributed by atoms with E-state index < -0.39 is 0 Å². The SMILES string of the molecule is Cc1cc(C)cc(Nc2nccc(NCCCc3ccccc3)n2)c1. The van der Waals surface area contributed by atoms with Gasteiger partial charge >= 0.3 is 0 Å². The number of hydrogen-bond donors (Lipinski definition) is 2. The van der Waals surface area contributed by atoms with Crippen molar-refractivity contribution in [3.8, 4) is 0 Å². The van der Waals surface area contributed by atoms with Crippen molar-refractivity contribution in [2.45, 2.75) is 26.7 Å². The fourth-order valence-corrected chi connectivity index (χ4v) is 2.85. The summed E-state index contributed by atoms with van der Waals surface area (Å²) >= 11 is 0. The lowest BCUT2D eigenvalue weighted by molar-refractivity contribution is 0.858. The Labute approximate surface area is 149 Å². The van der Waals surface area contributed by atoms with Gasteiger partial charge in [0.2, 0.25) is 5.95 Å². The Hall–Kier alpha value is -2.88. The topological polar surface area (TPSA) is 49.8 Å². The summed E-state index contributed by atoms with van der Waals surface area (Å²) in [5, 5.41) is 6.65. The molecule has 0 fully saturated rings. The summed E-state index contributed by atoms with van der Waals surface area (Å²) in [5.74, 6) is 1.45. The van der Waals surface area contributed by atoms with Crippen molar-refractivity contribution < 1.29 is 0 Å². The Balaban J connectivity index is 1.54. The van der Waals surface area contributed by atoms with E-state index in [1.165, 1.54) is 16.7 Å². The third-order valence-electron chi connectivity index (χ3n) is 3.92. The van der Waals surface area contributed by atoms with Gasteiger partial charge in [-0.05, 0) is 61.6 Å². The molecule has 0 spiro atoms. The van der Waals surface area contributed by atoms with Crippen LogP contribution in [-0.4, -0.2) is 16.5 Å². The molecule has 0 saturated heterocycles. The molecule has 0 atom stereocenters. The number of anilines is 3. The largest absolute Gasteiger partial charge is 0.370 e. The maximum atomic E-state index is 4.54.